The topological polar surface area (TPSA) is 66.2 Å². The van der Waals surface area contributed by atoms with Crippen LogP contribution < -0.4 is 4.74 Å². The Morgan fingerprint density at radius 1 is 1.25 bits per heavy atom. The molecule has 128 valence electrons. The molecule has 3 rings (SSSR count). The minimum Gasteiger partial charge on any atom is -0.497 e. The zero-order valence-corrected chi connectivity index (χ0v) is 13.7. The highest BCUT2D eigenvalue weighted by atomic mass is 16.5. The van der Waals surface area contributed by atoms with Gasteiger partial charge in [0.25, 0.3) is 5.91 Å². The maximum absolute atomic E-state index is 12.5. The predicted octanol–water partition coefficient (Wildman–Crippen LogP) is 1.67. The van der Waals surface area contributed by atoms with Crippen molar-refractivity contribution in [2.75, 3.05) is 33.3 Å². The van der Waals surface area contributed by atoms with E-state index in [4.69, 9.17) is 9.15 Å². The highest BCUT2D eigenvalue weighted by Crippen LogP contribution is 2.21. The number of hydrogen-bond donors (Lipinski definition) is 1. The third kappa shape index (κ3) is 3.77. The van der Waals surface area contributed by atoms with Gasteiger partial charge in [0, 0.05) is 26.2 Å². The summed E-state index contributed by atoms with van der Waals surface area (Å²) in [5, 5.41) is 10.4. The summed E-state index contributed by atoms with van der Waals surface area (Å²) in [7, 11) is 1.56. The van der Waals surface area contributed by atoms with Crippen LogP contribution in [0, 0.1) is 0 Å². The first kappa shape index (κ1) is 16.5. The average molecular weight is 330 g/mol. The normalized spacial score (nSPS) is 16.8. The highest BCUT2D eigenvalue weighted by Gasteiger charge is 2.27. The lowest BCUT2D eigenvalue weighted by atomic mass is 10.1. The van der Waals surface area contributed by atoms with Gasteiger partial charge in [-0.05, 0) is 29.8 Å². The first-order valence-electron chi connectivity index (χ1n) is 8.03. The van der Waals surface area contributed by atoms with E-state index in [0.717, 1.165) is 25.4 Å². The van der Waals surface area contributed by atoms with Crippen LogP contribution in [0.25, 0.3) is 0 Å². The Hall–Kier alpha value is -2.31. The predicted molar refractivity (Wildman–Crippen MR) is 88.5 cm³/mol. The molecule has 1 aliphatic heterocycles. The molecule has 1 saturated heterocycles. The summed E-state index contributed by atoms with van der Waals surface area (Å²) in [4.78, 5) is 16.5. The molecule has 1 fully saturated rings. The van der Waals surface area contributed by atoms with Gasteiger partial charge in [-0.3, -0.25) is 9.69 Å². The van der Waals surface area contributed by atoms with Gasteiger partial charge in [0.15, 0.2) is 6.10 Å². The number of amides is 1. The number of furan rings is 1. The lowest BCUT2D eigenvalue weighted by molar-refractivity contribution is -0.142. The van der Waals surface area contributed by atoms with E-state index in [-0.39, 0.29) is 5.91 Å². The van der Waals surface area contributed by atoms with E-state index >= 15 is 0 Å². The number of benzene rings is 1. The fraction of sp³-hybridized carbons (Fsp3) is 0.389. The van der Waals surface area contributed by atoms with Gasteiger partial charge < -0.3 is 19.2 Å². The van der Waals surface area contributed by atoms with Crippen molar-refractivity contribution in [2.24, 2.45) is 0 Å². The van der Waals surface area contributed by atoms with E-state index in [1.54, 1.807) is 42.5 Å². The molecule has 0 bridgehead atoms. The molecule has 1 amide bonds. The van der Waals surface area contributed by atoms with E-state index < -0.39 is 6.10 Å². The Kier molecular flexibility index (Phi) is 5.17. The van der Waals surface area contributed by atoms with Crippen molar-refractivity contribution in [1.82, 2.24) is 9.80 Å². The number of carbonyl (C=O) groups is 1. The van der Waals surface area contributed by atoms with Gasteiger partial charge in [-0.1, -0.05) is 12.1 Å². The summed E-state index contributed by atoms with van der Waals surface area (Å²) in [5.74, 6) is 1.29. The molecular weight excluding hydrogens is 308 g/mol. The molecule has 2 aromatic rings. The number of aliphatic hydroxyl groups excluding tert-OH is 1. The third-order valence-corrected chi connectivity index (χ3v) is 4.29. The van der Waals surface area contributed by atoms with Crippen LogP contribution in [0.4, 0.5) is 0 Å². The highest BCUT2D eigenvalue weighted by molar-refractivity contribution is 5.82. The number of ether oxygens (including phenoxy) is 1. The quantitative estimate of drug-likeness (QED) is 0.903. The number of methoxy groups -OCH3 is 1. The monoisotopic (exact) mass is 330 g/mol. The number of hydrogen-bond acceptors (Lipinski definition) is 5. The van der Waals surface area contributed by atoms with Gasteiger partial charge in [0.05, 0.1) is 19.9 Å². The SMILES string of the molecule is COc1cccc([C@@H](O)C(=O)N2CCN(Cc3ccco3)CC2)c1. The Bertz CT molecular complexity index is 663. The molecule has 1 aliphatic rings. The minimum absolute atomic E-state index is 0.263. The van der Waals surface area contributed by atoms with Gasteiger partial charge in [-0.15, -0.1) is 0 Å². The number of carbonyl (C=O) groups excluding carboxylic acids is 1. The second-order valence-corrected chi connectivity index (χ2v) is 5.86. The minimum atomic E-state index is -1.16. The first-order chi connectivity index (χ1) is 11.7. The molecule has 0 radical (unpaired) electrons. The molecule has 0 spiro atoms. The van der Waals surface area contributed by atoms with Crippen molar-refractivity contribution < 1.29 is 19.1 Å². The van der Waals surface area contributed by atoms with Crippen LogP contribution in [0.1, 0.15) is 17.4 Å². The maximum Gasteiger partial charge on any atom is 0.256 e. The lowest BCUT2D eigenvalue weighted by Crippen LogP contribution is -2.49. The molecule has 1 aromatic heterocycles. The lowest BCUT2D eigenvalue weighted by Gasteiger charge is -2.35. The van der Waals surface area contributed by atoms with Crippen LogP contribution >= 0.6 is 0 Å². The molecule has 6 nitrogen and oxygen atoms in total. The fourth-order valence-electron chi connectivity index (χ4n) is 2.88. The Labute approximate surface area is 141 Å². The number of nitrogens with zero attached hydrogens (tertiary/aromatic N) is 2. The fourth-order valence-corrected chi connectivity index (χ4v) is 2.88. The average Bonchev–Trinajstić information content (AvgIpc) is 3.14. The Morgan fingerprint density at radius 3 is 2.71 bits per heavy atom. The van der Waals surface area contributed by atoms with Gasteiger partial charge in [-0.25, -0.2) is 0 Å². The van der Waals surface area contributed by atoms with E-state index in [9.17, 15) is 9.90 Å². The molecule has 0 saturated carbocycles. The van der Waals surface area contributed by atoms with Crippen molar-refractivity contribution in [1.29, 1.82) is 0 Å². The summed E-state index contributed by atoms with van der Waals surface area (Å²) in [5.41, 5.74) is 0.553. The van der Waals surface area contributed by atoms with E-state index in [1.807, 2.05) is 12.1 Å². The summed E-state index contributed by atoms with van der Waals surface area (Å²) in [6.45, 7) is 3.46. The van der Waals surface area contributed by atoms with Crippen molar-refractivity contribution in [3.63, 3.8) is 0 Å². The van der Waals surface area contributed by atoms with Crippen LogP contribution in [-0.2, 0) is 11.3 Å². The first-order valence-corrected chi connectivity index (χ1v) is 8.03. The smallest absolute Gasteiger partial charge is 0.256 e. The number of rotatable bonds is 5. The van der Waals surface area contributed by atoms with Crippen molar-refractivity contribution in [3.8, 4) is 5.75 Å². The van der Waals surface area contributed by atoms with Crippen LogP contribution in [0.15, 0.2) is 47.1 Å². The maximum atomic E-state index is 12.5. The standard InChI is InChI=1S/C18H22N2O4/c1-23-15-5-2-4-14(12-15)17(21)18(22)20-9-7-19(8-10-20)13-16-6-3-11-24-16/h2-6,11-12,17,21H,7-10,13H2,1H3/t17-/m1/s1. The molecular formula is C18H22N2O4. The summed E-state index contributed by atoms with van der Waals surface area (Å²) >= 11 is 0. The Balaban J connectivity index is 1.56. The number of piperazine rings is 1. The van der Waals surface area contributed by atoms with Crippen molar-refractivity contribution in [2.45, 2.75) is 12.6 Å². The summed E-state index contributed by atoms with van der Waals surface area (Å²) in [6, 6.07) is 10.8. The Morgan fingerprint density at radius 2 is 2.04 bits per heavy atom. The van der Waals surface area contributed by atoms with Gasteiger partial charge >= 0.3 is 0 Å². The van der Waals surface area contributed by atoms with Crippen molar-refractivity contribution in [3.05, 3.63) is 54.0 Å². The van der Waals surface area contributed by atoms with Gasteiger partial charge in [-0.2, -0.15) is 0 Å². The van der Waals surface area contributed by atoms with Crippen LogP contribution in [0.5, 0.6) is 5.75 Å². The summed E-state index contributed by atoms with van der Waals surface area (Å²) < 4.78 is 10.5. The molecule has 2 heterocycles. The molecule has 1 N–H and O–H groups in total. The van der Waals surface area contributed by atoms with Crippen LogP contribution in [0.2, 0.25) is 0 Å². The van der Waals surface area contributed by atoms with Crippen LogP contribution in [0.3, 0.4) is 0 Å². The van der Waals surface area contributed by atoms with Crippen molar-refractivity contribution >= 4 is 5.91 Å². The van der Waals surface area contributed by atoms with E-state index in [1.165, 1.54) is 0 Å². The largest absolute Gasteiger partial charge is 0.497 e. The molecule has 0 unspecified atom stereocenters. The molecule has 6 heteroatoms. The second-order valence-electron chi connectivity index (χ2n) is 5.86. The second kappa shape index (κ2) is 7.51. The molecule has 0 aliphatic carbocycles. The number of aliphatic hydroxyl groups is 1. The summed E-state index contributed by atoms with van der Waals surface area (Å²) in [6.07, 6.45) is 0.510. The molecule has 1 aromatic carbocycles. The molecule has 1 atom stereocenters. The van der Waals surface area contributed by atoms with Crippen LogP contribution in [-0.4, -0.2) is 54.1 Å². The zero-order valence-electron chi connectivity index (χ0n) is 13.7. The van der Waals surface area contributed by atoms with E-state index in [2.05, 4.69) is 4.90 Å². The third-order valence-electron chi connectivity index (χ3n) is 4.29. The van der Waals surface area contributed by atoms with E-state index in [0.29, 0.717) is 24.4 Å². The molecule has 24 heavy (non-hydrogen) atoms. The van der Waals surface area contributed by atoms with Gasteiger partial charge in [0.1, 0.15) is 11.5 Å². The zero-order chi connectivity index (χ0) is 16.9. The van der Waals surface area contributed by atoms with Gasteiger partial charge in [0.2, 0.25) is 0 Å².